The summed E-state index contributed by atoms with van der Waals surface area (Å²) in [6.45, 7) is 4.93. The highest BCUT2D eigenvalue weighted by atomic mass is 16.5. The molecule has 1 heterocycles. The number of hydrogen-bond acceptors (Lipinski definition) is 5. The SMILES string of the molecule is CCOC(=O)c1nc(C)ccc1OC(C)=O. The number of carbonyl (C=O) groups is 2. The van der Waals surface area contributed by atoms with Crippen LogP contribution in [0.1, 0.15) is 30.0 Å². The zero-order chi connectivity index (χ0) is 12.1. The fourth-order valence-corrected chi connectivity index (χ4v) is 1.13. The van der Waals surface area contributed by atoms with Crippen LogP contribution in [0.2, 0.25) is 0 Å². The van der Waals surface area contributed by atoms with Crippen molar-refractivity contribution in [1.29, 1.82) is 0 Å². The molecule has 1 aromatic heterocycles. The number of ether oxygens (including phenoxy) is 2. The third-order valence-corrected chi connectivity index (χ3v) is 1.72. The van der Waals surface area contributed by atoms with Crippen LogP contribution >= 0.6 is 0 Å². The summed E-state index contributed by atoms with van der Waals surface area (Å²) in [5.74, 6) is -0.977. The molecule has 0 aliphatic heterocycles. The molecule has 86 valence electrons. The predicted octanol–water partition coefficient (Wildman–Crippen LogP) is 1.49. The second kappa shape index (κ2) is 5.25. The van der Waals surface area contributed by atoms with Gasteiger partial charge in [0.2, 0.25) is 0 Å². The van der Waals surface area contributed by atoms with Gasteiger partial charge in [0.15, 0.2) is 11.4 Å². The van der Waals surface area contributed by atoms with Gasteiger partial charge in [-0.1, -0.05) is 0 Å². The molecule has 0 atom stereocenters. The Hall–Kier alpha value is -1.91. The normalized spacial score (nSPS) is 9.69. The van der Waals surface area contributed by atoms with E-state index >= 15 is 0 Å². The molecule has 0 N–H and O–H groups in total. The predicted molar refractivity (Wildman–Crippen MR) is 56.2 cm³/mol. The summed E-state index contributed by atoms with van der Waals surface area (Å²) in [7, 11) is 0. The molecule has 0 aliphatic carbocycles. The van der Waals surface area contributed by atoms with E-state index in [-0.39, 0.29) is 18.1 Å². The van der Waals surface area contributed by atoms with Crippen molar-refractivity contribution < 1.29 is 19.1 Å². The molecule has 0 radical (unpaired) electrons. The maximum absolute atomic E-state index is 11.5. The van der Waals surface area contributed by atoms with Crippen LogP contribution in [0.5, 0.6) is 5.75 Å². The molecule has 0 aliphatic rings. The van der Waals surface area contributed by atoms with Crippen molar-refractivity contribution >= 4 is 11.9 Å². The molecule has 5 nitrogen and oxygen atoms in total. The third kappa shape index (κ3) is 3.05. The van der Waals surface area contributed by atoms with E-state index in [1.807, 2.05) is 0 Å². The monoisotopic (exact) mass is 223 g/mol. The Morgan fingerprint density at radius 3 is 2.62 bits per heavy atom. The molecule has 1 rings (SSSR count). The van der Waals surface area contributed by atoms with Gasteiger partial charge >= 0.3 is 11.9 Å². The van der Waals surface area contributed by atoms with Crippen LogP contribution in [-0.2, 0) is 9.53 Å². The first-order chi connectivity index (χ1) is 7.54. The smallest absolute Gasteiger partial charge is 0.360 e. The van der Waals surface area contributed by atoms with E-state index in [0.29, 0.717) is 5.69 Å². The zero-order valence-corrected chi connectivity index (χ0v) is 9.44. The van der Waals surface area contributed by atoms with Gasteiger partial charge in [-0.3, -0.25) is 4.79 Å². The van der Waals surface area contributed by atoms with E-state index < -0.39 is 11.9 Å². The Morgan fingerprint density at radius 2 is 2.06 bits per heavy atom. The largest absolute Gasteiger partial charge is 0.461 e. The average Bonchev–Trinajstić information content (AvgIpc) is 2.20. The van der Waals surface area contributed by atoms with Crippen molar-refractivity contribution in [2.75, 3.05) is 6.61 Å². The van der Waals surface area contributed by atoms with Crippen molar-refractivity contribution in [2.24, 2.45) is 0 Å². The summed E-state index contributed by atoms with van der Waals surface area (Å²) >= 11 is 0. The second-order valence-corrected chi connectivity index (χ2v) is 3.11. The minimum Gasteiger partial charge on any atom is -0.461 e. The molecule has 5 heteroatoms. The summed E-state index contributed by atoms with van der Waals surface area (Å²) in [4.78, 5) is 26.3. The lowest BCUT2D eigenvalue weighted by Gasteiger charge is -2.07. The molecule has 0 saturated carbocycles. The third-order valence-electron chi connectivity index (χ3n) is 1.72. The highest BCUT2D eigenvalue weighted by Crippen LogP contribution is 2.18. The second-order valence-electron chi connectivity index (χ2n) is 3.11. The maximum atomic E-state index is 11.5. The lowest BCUT2D eigenvalue weighted by molar-refractivity contribution is -0.131. The Balaban J connectivity index is 3.07. The fourth-order valence-electron chi connectivity index (χ4n) is 1.13. The van der Waals surface area contributed by atoms with Crippen molar-refractivity contribution in [2.45, 2.75) is 20.8 Å². The minimum atomic E-state index is -0.595. The van der Waals surface area contributed by atoms with Crippen LogP contribution in [0.25, 0.3) is 0 Å². The van der Waals surface area contributed by atoms with Crippen LogP contribution in [0.4, 0.5) is 0 Å². The van der Waals surface area contributed by atoms with Crippen LogP contribution in [0.15, 0.2) is 12.1 Å². The first-order valence-corrected chi connectivity index (χ1v) is 4.87. The highest BCUT2D eigenvalue weighted by Gasteiger charge is 2.17. The molecule has 0 spiro atoms. The van der Waals surface area contributed by atoms with Crippen LogP contribution in [-0.4, -0.2) is 23.5 Å². The van der Waals surface area contributed by atoms with E-state index in [0.717, 1.165) is 0 Å². The van der Waals surface area contributed by atoms with Crippen LogP contribution < -0.4 is 4.74 Å². The van der Waals surface area contributed by atoms with Crippen molar-refractivity contribution in [3.05, 3.63) is 23.5 Å². The van der Waals surface area contributed by atoms with Gasteiger partial charge in [-0.2, -0.15) is 0 Å². The first-order valence-electron chi connectivity index (χ1n) is 4.87. The maximum Gasteiger partial charge on any atom is 0.360 e. The Labute approximate surface area is 93.4 Å². The average molecular weight is 223 g/mol. The standard InChI is InChI=1S/C11H13NO4/c1-4-15-11(14)10-9(16-8(3)13)6-5-7(2)12-10/h5-6H,4H2,1-3H3. The summed E-state index contributed by atoms with van der Waals surface area (Å²) in [5, 5.41) is 0. The first kappa shape index (κ1) is 12.2. The lowest BCUT2D eigenvalue weighted by atomic mass is 10.3. The van der Waals surface area contributed by atoms with Gasteiger partial charge in [0, 0.05) is 12.6 Å². The van der Waals surface area contributed by atoms with Gasteiger partial charge in [-0.25, -0.2) is 9.78 Å². The molecule has 0 amide bonds. The van der Waals surface area contributed by atoms with Gasteiger partial charge in [0.1, 0.15) is 0 Å². The van der Waals surface area contributed by atoms with E-state index in [1.165, 1.54) is 13.0 Å². The molecule has 0 aromatic carbocycles. The molecule has 0 saturated heterocycles. The number of aromatic nitrogens is 1. The van der Waals surface area contributed by atoms with Gasteiger partial charge < -0.3 is 9.47 Å². The molecule has 1 aromatic rings. The minimum absolute atomic E-state index is 0.0250. The number of nitrogens with zero attached hydrogens (tertiary/aromatic N) is 1. The molecule has 0 bridgehead atoms. The molecule has 0 fully saturated rings. The van der Waals surface area contributed by atoms with Crippen molar-refractivity contribution in [1.82, 2.24) is 4.98 Å². The Morgan fingerprint density at radius 1 is 1.38 bits per heavy atom. The van der Waals surface area contributed by atoms with Crippen LogP contribution in [0, 0.1) is 6.92 Å². The van der Waals surface area contributed by atoms with Gasteiger partial charge in [-0.15, -0.1) is 0 Å². The summed E-state index contributed by atoms with van der Waals surface area (Å²) in [6, 6.07) is 3.18. The van der Waals surface area contributed by atoms with Gasteiger partial charge in [0.05, 0.1) is 6.61 Å². The Bertz CT molecular complexity index is 414. The quantitative estimate of drug-likeness (QED) is 0.726. The number of esters is 2. The molecular weight excluding hydrogens is 210 g/mol. The number of pyridine rings is 1. The summed E-state index contributed by atoms with van der Waals surface area (Å²) < 4.78 is 9.68. The highest BCUT2D eigenvalue weighted by molar-refractivity contribution is 5.91. The number of rotatable bonds is 3. The number of carbonyl (C=O) groups excluding carboxylic acids is 2. The Kier molecular flexibility index (Phi) is 3.99. The molecular formula is C11H13NO4. The van der Waals surface area contributed by atoms with E-state index in [4.69, 9.17) is 9.47 Å². The van der Waals surface area contributed by atoms with E-state index in [9.17, 15) is 9.59 Å². The number of aryl methyl sites for hydroxylation is 1. The zero-order valence-electron chi connectivity index (χ0n) is 9.44. The topological polar surface area (TPSA) is 65.5 Å². The fraction of sp³-hybridized carbons (Fsp3) is 0.364. The lowest BCUT2D eigenvalue weighted by Crippen LogP contribution is -2.12. The summed E-state index contributed by atoms with van der Waals surface area (Å²) in [6.07, 6.45) is 0. The van der Waals surface area contributed by atoms with Crippen molar-refractivity contribution in [3.63, 3.8) is 0 Å². The molecule has 16 heavy (non-hydrogen) atoms. The number of hydrogen-bond donors (Lipinski definition) is 0. The summed E-state index contributed by atoms with van der Waals surface area (Å²) in [5.41, 5.74) is 0.677. The van der Waals surface area contributed by atoms with Crippen LogP contribution in [0.3, 0.4) is 0 Å². The van der Waals surface area contributed by atoms with E-state index in [1.54, 1.807) is 19.9 Å². The van der Waals surface area contributed by atoms with Crippen molar-refractivity contribution in [3.8, 4) is 5.75 Å². The van der Waals surface area contributed by atoms with Gasteiger partial charge in [0.25, 0.3) is 0 Å². The van der Waals surface area contributed by atoms with E-state index in [2.05, 4.69) is 4.98 Å². The van der Waals surface area contributed by atoms with Gasteiger partial charge in [-0.05, 0) is 26.0 Å². The molecule has 0 unspecified atom stereocenters.